The Morgan fingerprint density at radius 3 is 2.46 bits per heavy atom. The predicted octanol–water partition coefficient (Wildman–Crippen LogP) is 1.58. The molecule has 1 aromatic rings. The van der Waals surface area contributed by atoms with Crippen LogP contribution in [0.5, 0.6) is 0 Å². The molecule has 2 rings (SSSR count). The van der Waals surface area contributed by atoms with Gasteiger partial charge in [-0.05, 0) is 24.8 Å². The van der Waals surface area contributed by atoms with Gasteiger partial charge in [0.05, 0.1) is 0 Å². The molecule has 2 heteroatoms. The molecule has 0 radical (unpaired) electrons. The maximum atomic E-state index is 10.8. The number of benzene rings is 1. The first-order valence-electron chi connectivity index (χ1n) is 4.54. The molecule has 0 unspecified atom stereocenters. The Balaban J connectivity index is 2.12. The fourth-order valence-electron chi connectivity index (χ4n) is 1.69. The second-order valence-electron chi connectivity index (χ2n) is 3.76. The summed E-state index contributed by atoms with van der Waals surface area (Å²) >= 11 is 0. The summed E-state index contributed by atoms with van der Waals surface area (Å²) in [7, 11) is 0. The van der Waals surface area contributed by atoms with Crippen molar-refractivity contribution in [2.24, 2.45) is 11.7 Å². The largest absolute Gasteiger partial charge is 0.369 e. The zero-order valence-electron chi connectivity index (χ0n) is 7.66. The second-order valence-corrected chi connectivity index (χ2v) is 3.76. The van der Waals surface area contributed by atoms with Crippen molar-refractivity contribution >= 4 is 5.91 Å². The van der Waals surface area contributed by atoms with Crippen LogP contribution in [-0.4, -0.2) is 5.91 Å². The second kappa shape index (κ2) is 2.87. The molecular weight excluding hydrogens is 162 g/mol. The van der Waals surface area contributed by atoms with Gasteiger partial charge < -0.3 is 5.73 Å². The molecule has 1 saturated carbocycles. The third-order valence-corrected chi connectivity index (χ3v) is 2.66. The van der Waals surface area contributed by atoms with Crippen LogP contribution in [0.15, 0.2) is 24.3 Å². The Hall–Kier alpha value is -1.31. The van der Waals surface area contributed by atoms with Gasteiger partial charge in [0.1, 0.15) is 0 Å². The summed E-state index contributed by atoms with van der Waals surface area (Å²) in [6, 6.07) is 8.32. The average Bonchev–Trinajstić information content (AvgIpc) is 2.85. The van der Waals surface area contributed by atoms with Crippen LogP contribution in [0.4, 0.5) is 0 Å². The topological polar surface area (TPSA) is 43.1 Å². The molecule has 0 spiro atoms. The molecule has 2 N–H and O–H groups in total. The summed E-state index contributed by atoms with van der Waals surface area (Å²) in [5.74, 6) is 0.311. The lowest BCUT2D eigenvalue weighted by Crippen LogP contribution is -2.13. The molecule has 0 bridgehead atoms. The lowest BCUT2D eigenvalue weighted by molar-refractivity contribution is -0.119. The summed E-state index contributed by atoms with van der Waals surface area (Å²) in [5, 5.41) is 0. The lowest BCUT2D eigenvalue weighted by atomic mass is 10.1. The van der Waals surface area contributed by atoms with Gasteiger partial charge in [-0.2, -0.15) is 0 Å². The van der Waals surface area contributed by atoms with Gasteiger partial charge in [-0.1, -0.05) is 29.8 Å². The summed E-state index contributed by atoms with van der Waals surface area (Å²) in [6.45, 7) is 2.06. The van der Waals surface area contributed by atoms with Crippen molar-refractivity contribution in [3.8, 4) is 0 Å². The zero-order chi connectivity index (χ0) is 9.42. The van der Waals surface area contributed by atoms with Crippen molar-refractivity contribution in [1.29, 1.82) is 0 Å². The molecular formula is C11H13NO. The van der Waals surface area contributed by atoms with E-state index < -0.39 is 0 Å². The lowest BCUT2D eigenvalue weighted by Gasteiger charge is -1.98. The van der Waals surface area contributed by atoms with Gasteiger partial charge in [0, 0.05) is 5.92 Å². The molecule has 0 heterocycles. The number of primary amides is 1. The molecule has 1 fully saturated rings. The van der Waals surface area contributed by atoms with Crippen LogP contribution in [0.1, 0.15) is 23.5 Å². The van der Waals surface area contributed by atoms with E-state index in [0.717, 1.165) is 6.42 Å². The van der Waals surface area contributed by atoms with E-state index >= 15 is 0 Å². The van der Waals surface area contributed by atoms with Gasteiger partial charge in [0.15, 0.2) is 0 Å². The van der Waals surface area contributed by atoms with Gasteiger partial charge in [-0.3, -0.25) is 4.79 Å². The van der Waals surface area contributed by atoms with E-state index in [1.54, 1.807) is 0 Å². The van der Waals surface area contributed by atoms with Gasteiger partial charge >= 0.3 is 0 Å². The number of amides is 1. The Morgan fingerprint density at radius 2 is 2.00 bits per heavy atom. The molecule has 1 aromatic carbocycles. The predicted molar refractivity (Wildman–Crippen MR) is 51.2 cm³/mol. The third kappa shape index (κ3) is 1.57. The number of hydrogen-bond acceptors (Lipinski definition) is 1. The van der Waals surface area contributed by atoms with Crippen molar-refractivity contribution in [2.45, 2.75) is 19.3 Å². The Labute approximate surface area is 77.8 Å². The number of aryl methyl sites for hydroxylation is 1. The highest BCUT2D eigenvalue weighted by Crippen LogP contribution is 2.46. The van der Waals surface area contributed by atoms with E-state index in [2.05, 4.69) is 31.2 Å². The Morgan fingerprint density at radius 1 is 1.38 bits per heavy atom. The highest BCUT2D eigenvalue weighted by molar-refractivity contribution is 5.81. The fourth-order valence-corrected chi connectivity index (χ4v) is 1.69. The van der Waals surface area contributed by atoms with E-state index in [1.165, 1.54) is 11.1 Å². The zero-order valence-corrected chi connectivity index (χ0v) is 7.66. The fraction of sp³-hybridized carbons (Fsp3) is 0.364. The molecule has 68 valence electrons. The van der Waals surface area contributed by atoms with Gasteiger partial charge in [-0.25, -0.2) is 0 Å². The molecule has 1 amide bonds. The average molecular weight is 175 g/mol. The van der Waals surface area contributed by atoms with Crippen LogP contribution in [0.3, 0.4) is 0 Å². The number of nitrogens with two attached hydrogens (primary N) is 1. The quantitative estimate of drug-likeness (QED) is 0.728. The molecule has 2 atom stereocenters. The molecule has 0 aromatic heterocycles. The first-order valence-corrected chi connectivity index (χ1v) is 4.54. The molecule has 1 aliphatic rings. The third-order valence-electron chi connectivity index (χ3n) is 2.66. The first kappa shape index (κ1) is 8.30. The van der Waals surface area contributed by atoms with Crippen molar-refractivity contribution in [3.63, 3.8) is 0 Å². The smallest absolute Gasteiger partial charge is 0.221 e. The van der Waals surface area contributed by atoms with Crippen LogP contribution in [0, 0.1) is 12.8 Å². The summed E-state index contributed by atoms with van der Waals surface area (Å²) < 4.78 is 0. The number of rotatable bonds is 2. The minimum absolute atomic E-state index is 0.0858. The molecule has 1 aliphatic carbocycles. The van der Waals surface area contributed by atoms with Crippen LogP contribution in [0.2, 0.25) is 0 Å². The monoisotopic (exact) mass is 175 g/mol. The maximum Gasteiger partial charge on any atom is 0.221 e. The number of hydrogen-bond donors (Lipinski definition) is 1. The van der Waals surface area contributed by atoms with Crippen molar-refractivity contribution < 1.29 is 4.79 Å². The van der Waals surface area contributed by atoms with Crippen molar-refractivity contribution in [1.82, 2.24) is 0 Å². The standard InChI is InChI=1S/C11H13NO/c1-7-2-4-8(5-3-7)9-6-10(9)11(12)13/h2-5,9-10H,6H2,1H3,(H2,12,13)/t9-,10-/m1/s1. The number of carbonyl (C=O) groups excluding carboxylic acids is 1. The van der Waals surface area contributed by atoms with E-state index in [0.29, 0.717) is 5.92 Å². The molecule has 2 nitrogen and oxygen atoms in total. The van der Waals surface area contributed by atoms with Gasteiger partial charge in [0.2, 0.25) is 5.91 Å². The Kier molecular flexibility index (Phi) is 1.83. The van der Waals surface area contributed by atoms with Gasteiger partial charge in [0.25, 0.3) is 0 Å². The van der Waals surface area contributed by atoms with Crippen LogP contribution in [0.25, 0.3) is 0 Å². The van der Waals surface area contributed by atoms with Crippen LogP contribution < -0.4 is 5.73 Å². The molecule has 0 aliphatic heterocycles. The highest BCUT2D eigenvalue weighted by Gasteiger charge is 2.42. The minimum atomic E-state index is -0.162. The summed E-state index contributed by atoms with van der Waals surface area (Å²) in [4.78, 5) is 10.8. The Bertz CT molecular complexity index is 328. The van der Waals surface area contributed by atoms with Crippen molar-refractivity contribution in [3.05, 3.63) is 35.4 Å². The van der Waals surface area contributed by atoms with E-state index in [1.807, 2.05) is 0 Å². The van der Waals surface area contributed by atoms with E-state index in [-0.39, 0.29) is 11.8 Å². The first-order chi connectivity index (χ1) is 6.18. The SMILES string of the molecule is Cc1ccc([C@H]2C[C@H]2C(N)=O)cc1. The normalized spacial score (nSPS) is 25.6. The highest BCUT2D eigenvalue weighted by atomic mass is 16.1. The van der Waals surface area contributed by atoms with E-state index in [9.17, 15) is 4.79 Å². The summed E-state index contributed by atoms with van der Waals surface area (Å²) in [5.41, 5.74) is 7.71. The van der Waals surface area contributed by atoms with Crippen molar-refractivity contribution in [2.75, 3.05) is 0 Å². The van der Waals surface area contributed by atoms with Crippen LogP contribution in [-0.2, 0) is 4.79 Å². The minimum Gasteiger partial charge on any atom is -0.369 e. The van der Waals surface area contributed by atoms with E-state index in [4.69, 9.17) is 5.73 Å². The van der Waals surface area contributed by atoms with Crippen LogP contribution >= 0.6 is 0 Å². The molecule has 0 saturated heterocycles. The maximum absolute atomic E-state index is 10.8. The van der Waals surface area contributed by atoms with Gasteiger partial charge in [-0.15, -0.1) is 0 Å². The number of carbonyl (C=O) groups is 1. The summed E-state index contributed by atoms with van der Waals surface area (Å²) in [6.07, 6.45) is 0.929. The molecule has 13 heavy (non-hydrogen) atoms.